The Balaban J connectivity index is 1.44. The number of ether oxygens (including phenoxy) is 1. The van der Waals surface area contributed by atoms with Crippen molar-refractivity contribution in [2.24, 2.45) is 5.16 Å². The number of benzene rings is 1. The molecular weight excluding hydrogens is 348 g/mol. The SMILES string of the molecule is O=C(C1CC(c2ccccc2)=NO1)N(Cc1cccs1)CC1CCCO1. The normalized spacial score (nSPS) is 22.1. The minimum absolute atomic E-state index is 0.0106. The quantitative estimate of drug-likeness (QED) is 0.783. The lowest BCUT2D eigenvalue weighted by atomic mass is 10.0. The molecule has 136 valence electrons. The molecule has 0 aliphatic carbocycles. The summed E-state index contributed by atoms with van der Waals surface area (Å²) < 4.78 is 5.75. The van der Waals surface area contributed by atoms with E-state index in [1.54, 1.807) is 11.3 Å². The molecular formula is C20H22N2O3S. The number of hydrogen-bond acceptors (Lipinski definition) is 5. The van der Waals surface area contributed by atoms with Crippen LogP contribution in [0.25, 0.3) is 0 Å². The van der Waals surface area contributed by atoms with Crippen LogP contribution in [0.2, 0.25) is 0 Å². The maximum Gasteiger partial charge on any atom is 0.267 e. The van der Waals surface area contributed by atoms with E-state index in [4.69, 9.17) is 9.57 Å². The molecule has 1 fully saturated rings. The first-order valence-electron chi connectivity index (χ1n) is 9.00. The maximum atomic E-state index is 13.1. The van der Waals surface area contributed by atoms with Crippen LogP contribution in [0.15, 0.2) is 53.0 Å². The highest BCUT2D eigenvalue weighted by atomic mass is 32.1. The van der Waals surface area contributed by atoms with Crippen molar-refractivity contribution in [3.05, 3.63) is 58.3 Å². The Bertz CT molecular complexity index is 755. The Morgan fingerprint density at radius 1 is 1.23 bits per heavy atom. The van der Waals surface area contributed by atoms with Crippen LogP contribution < -0.4 is 0 Å². The van der Waals surface area contributed by atoms with Crippen molar-refractivity contribution in [3.8, 4) is 0 Å². The van der Waals surface area contributed by atoms with Gasteiger partial charge in [0.1, 0.15) is 0 Å². The fourth-order valence-electron chi connectivity index (χ4n) is 3.37. The highest BCUT2D eigenvalue weighted by Crippen LogP contribution is 2.22. The fraction of sp³-hybridized carbons (Fsp3) is 0.400. The van der Waals surface area contributed by atoms with E-state index in [0.29, 0.717) is 19.5 Å². The molecule has 4 rings (SSSR count). The van der Waals surface area contributed by atoms with Gasteiger partial charge in [-0.3, -0.25) is 4.79 Å². The second kappa shape index (κ2) is 8.01. The van der Waals surface area contributed by atoms with Gasteiger partial charge in [0.25, 0.3) is 5.91 Å². The molecule has 0 N–H and O–H groups in total. The van der Waals surface area contributed by atoms with Gasteiger partial charge in [0.15, 0.2) is 0 Å². The average molecular weight is 370 g/mol. The molecule has 2 unspecified atom stereocenters. The standard InChI is InChI=1S/C20H22N2O3S/c23-20(19-12-18(21-25-19)15-6-2-1-3-7-15)22(13-16-8-4-10-24-16)14-17-9-5-11-26-17/h1-3,5-7,9,11,16,19H,4,8,10,12-14H2. The third-order valence-corrected chi connectivity index (χ3v) is 5.60. The zero-order valence-electron chi connectivity index (χ0n) is 14.5. The highest BCUT2D eigenvalue weighted by Gasteiger charge is 2.34. The van der Waals surface area contributed by atoms with Crippen LogP contribution in [0.4, 0.5) is 0 Å². The number of thiophene rings is 1. The molecule has 2 aliphatic rings. The number of oxime groups is 1. The lowest BCUT2D eigenvalue weighted by Crippen LogP contribution is -2.42. The van der Waals surface area contributed by atoms with Gasteiger partial charge in [0.05, 0.1) is 18.4 Å². The first kappa shape index (κ1) is 17.2. The topological polar surface area (TPSA) is 51.1 Å². The van der Waals surface area contributed by atoms with Crippen molar-refractivity contribution < 1.29 is 14.4 Å². The number of carbonyl (C=O) groups is 1. The smallest absolute Gasteiger partial charge is 0.267 e. The molecule has 6 heteroatoms. The van der Waals surface area contributed by atoms with Crippen LogP contribution in [-0.2, 0) is 20.9 Å². The largest absolute Gasteiger partial charge is 0.382 e. The van der Waals surface area contributed by atoms with Crippen molar-refractivity contribution in [2.75, 3.05) is 13.2 Å². The predicted octanol–water partition coefficient (Wildman–Crippen LogP) is 3.45. The van der Waals surface area contributed by atoms with Crippen molar-refractivity contribution in [1.29, 1.82) is 0 Å². The zero-order valence-corrected chi connectivity index (χ0v) is 15.4. The van der Waals surface area contributed by atoms with Crippen LogP contribution in [0.1, 0.15) is 29.7 Å². The summed E-state index contributed by atoms with van der Waals surface area (Å²) >= 11 is 1.66. The van der Waals surface area contributed by atoms with Gasteiger partial charge >= 0.3 is 0 Å². The minimum atomic E-state index is -0.549. The third kappa shape index (κ3) is 3.97. The van der Waals surface area contributed by atoms with E-state index in [2.05, 4.69) is 11.2 Å². The summed E-state index contributed by atoms with van der Waals surface area (Å²) in [6.07, 6.45) is 2.15. The lowest BCUT2D eigenvalue weighted by molar-refractivity contribution is -0.144. The van der Waals surface area contributed by atoms with Gasteiger partial charge < -0.3 is 14.5 Å². The second-order valence-corrected chi connectivity index (χ2v) is 7.67. The minimum Gasteiger partial charge on any atom is -0.382 e. The molecule has 1 aromatic carbocycles. The summed E-state index contributed by atoms with van der Waals surface area (Å²) in [5.74, 6) is -0.0106. The van der Waals surface area contributed by atoms with Crippen LogP contribution in [0.5, 0.6) is 0 Å². The molecule has 2 atom stereocenters. The van der Waals surface area contributed by atoms with E-state index in [0.717, 1.165) is 30.7 Å². The first-order chi connectivity index (χ1) is 12.8. The molecule has 1 saturated heterocycles. The molecule has 0 radical (unpaired) electrons. The number of nitrogens with zero attached hydrogens (tertiary/aromatic N) is 2. The Morgan fingerprint density at radius 2 is 2.12 bits per heavy atom. The number of carbonyl (C=O) groups excluding carboxylic acids is 1. The molecule has 1 amide bonds. The zero-order chi connectivity index (χ0) is 17.8. The van der Waals surface area contributed by atoms with E-state index < -0.39 is 6.10 Å². The van der Waals surface area contributed by atoms with E-state index in [-0.39, 0.29) is 12.0 Å². The van der Waals surface area contributed by atoms with Crippen LogP contribution in [-0.4, -0.2) is 41.9 Å². The third-order valence-electron chi connectivity index (χ3n) is 4.74. The number of hydrogen-bond donors (Lipinski definition) is 0. The molecule has 0 bridgehead atoms. The van der Waals surface area contributed by atoms with Gasteiger partial charge in [-0.25, -0.2) is 0 Å². The predicted molar refractivity (Wildman–Crippen MR) is 101 cm³/mol. The molecule has 2 aromatic rings. The van der Waals surface area contributed by atoms with E-state index >= 15 is 0 Å². The van der Waals surface area contributed by atoms with Crippen LogP contribution in [0.3, 0.4) is 0 Å². The number of rotatable bonds is 6. The van der Waals surface area contributed by atoms with Gasteiger partial charge in [0, 0.05) is 24.4 Å². The van der Waals surface area contributed by atoms with Crippen molar-refractivity contribution in [2.45, 2.75) is 38.0 Å². The van der Waals surface area contributed by atoms with Gasteiger partial charge in [-0.2, -0.15) is 0 Å². The molecule has 2 aliphatic heterocycles. The summed E-state index contributed by atoms with van der Waals surface area (Å²) in [5.41, 5.74) is 1.84. The summed E-state index contributed by atoms with van der Waals surface area (Å²) in [4.78, 5) is 21.7. The monoisotopic (exact) mass is 370 g/mol. The summed E-state index contributed by atoms with van der Waals surface area (Å²) in [6, 6.07) is 13.9. The number of amides is 1. The molecule has 1 aromatic heterocycles. The average Bonchev–Trinajstić information content (AvgIpc) is 3.44. The Morgan fingerprint density at radius 3 is 2.85 bits per heavy atom. The maximum absolute atomic E-state index is 13.1. The Kier molecular flexibility index (Phi) is 5.32. The van der Waals surface area contributed by atoms with Gasteiger partial charge in [-0.05, 0) is 29.9 Å². The second-order valence-electron chi connectivity index (χ2n) is 6.64. The Labute approximate surface area is 157 Å². The van der Waals surface area contributed by atoms with Crippen molar-refractivity contribution in [3.63, 3.8) is 0 Å². The van der Waals surface area contributed by atoms with Gasteiger partial charge in [0.2, 0.25) is 6.10 Å². The molecule has 26 heavy (non-hydrogen) atoms. The van der Waals surface area contributed by atoms with E-state index in [1.807, 2.05) is 46.7 Å². The fourth-order valence-corrected chi connectivity index (χ4v) is 4.09. The van der Waals surface area contributed by atoms with Crippen LogP contribution in [0, 0.1) is 0 Å². The highest BCUT2D eigenvalue weighted by molar-refractivity contribution is 7.09. The van der Waals surface area contributed by atoms with Crippen molar-refractivity contribution in [1.82, 2.24) is 4.90 Å². The lowest BCUT2D eigenvalue weighted by Gasteiger charge is -2.26. The van der Waals surface area contributed by atoms with Gasteiger partial charge in [-0.1, -0.05) is 41.6 Å². The molecule has 0 saturated carbocycles. The molecule has 3 heterocycles. The van der Waals surface area contributed by atoms with Crippen molar-refractivity contribution >= 4 is 23.0 Å². The first-order valence-corrected chi connectivity index (χ1v) is 9.88. The molecule has 0 spiro atoms. The Hall–Kier alpha value is -2.18. The van der Waals surface area contributed by atoms with E-state index in [1.165, 1.54) is 4.88 Å². The summed E-state index contributed by atoms with van der Waals surface area (Å²) in [7, 11) is 0. The summed E-state index contributed by atoms with van der Waals surface area (Å²) in [6.45, 7) is 1.99. The van der Waals surface area contributed by atoms with E-state index in [9.17, 15) is 4.79 Å². The van der Waals surface area contributed by atoms with Crippen LogP contribution >= 0.6 is 11.3 Å². The van der Waals surface area contributed by atoms with Gasteiger partial charge in [-0.15, -0.1) is 11.3 Å². The summed E-state index contributed by atoms with van der Waals surface area (Å²) in [5, 5.41) is 6.19. The molecule has 5 nitrogen and oxygen atoms in total.